The molecule has 1 aliphatic heterocycles. The molecule has 1 N–H and O–H groups in total. The smallest absolute Gasteiger partial charge is 0.271 e. The number of pyridine rings is 1. The Balaban J connectivity index is 1.27. The van der Waals surface area contributed by atoms with E-state index in [1.165, 1.54) is 5.56 Å². The largest absolute Gasteiger partial charge is 0.495 e. The van der Waals surface area contributed by atoms with Crippen molar-refractivity contribution >= 4 is 17.8 Å². The van der Waals surface area contributed by atoms with Gasteiger partial charge in [0.15, 0.2) is 0 Å². The molecule has 164 valence electrons. The summed E-state index contributed by atoms with van der Waals surface area (Å²) in [6, 6.07) is 19.5. The van der Waals surface area contributed by atoms with E-state index in [0.29, 0.717) is 5.56 Å². The molecule has 0 aliphatic carbocycles. The van der Waals surface area contributed by atoms with Crippen molar-refractivity contribution in [3.05, 3.63) is 89.7 Å². The van der Waals surface area contributed by atoms with Crippen molar-refractivity contribution in [3.63, 3.8) is 0 Å². The zero-order chi connectivity index (χ0) is 22.2. The summed E-state index contributed by atoms with van der Waals surface area (Å²) in [5.74, 6) is 0.687. The van der Waals surface area contributed by atoms with Crippen LogP contribution in [0.15, 0.2) is 78.2 Å². The Morgan fingerprint density at radius 2 is 1.75 bits per heavy atom. The fraction of sp³-hybridized carbons (Fsp3) is 0.240. The third kappa shape index (κ3) is 5.50. The lowest BCUT2D eigenvalue weighted by atomic mass is 10.1. The number of nitrogens with one attached hydrogen (secondary N) is 1. The fourth-order valence-electron chi connectivity index (χ4n) is 3.74. The zero-order valence-corrected chi connectivity index (χ0v) is 18.1. The van der Waals surface area contributed by atoms with Gasteiger partial charge in [-0.2, -0.15) is 5.10 Å². The van der Waals surface area contributed by atoms with Gasteiger partial charge in [-0.1, -0.05) is 24.3 Å². The van der Waals surface area contributed by atoms with Gasteiger partial charge in [0.05, 0.1) is 19.0 Å². The minimum Gasteiger partial charge on any atom is -0.495 e. The highest BCUT2D eigenvalue weighted by Gasteiger charge is 2.19. The van der Waals surface area contributed by atoms with Gasteiger partial charge in [-0.25, -0.2) is 5.43 Å². The highest BCUT2D eigenvalue weighted by Crippen LogP contribution is 2.28. The molecule has 1 aliphatic rings. The maximum atomic E-state index is 12.3. The van der Waals surface area contributed by atoms with Crippen molar-refractivity contribution in [2.45, 2.75) is 6.54 Å². The summed E-state index contributed by atoms with van der Waals surface area (Å²) < 4.78 is 5.50. The van der Waals surface area contributed by atoms with Crippen LogP contribution in [-0.4, -0.2) is 55.3 Å². The molecule has 0 unspecified atom stereocenters. The number of piperazine rings is 1. The number of hydrogen-bond acceptors (Lipinski definition) is 6. The van der Waals surface area contributed by atoms with E-state index in [4.69, 9.17) is 4.74 Å². The molecular formula is C25H27N5O2. The van der Waals surface area contributed by atoms with Crippen molar-refractivity contribution in [1.82, 2.24) is 15.3 Å². The van der Waals surface area contributed by atoms with E-state index in [1.54, 1.807) is 25.7 Å². The van der Waals surface area contributed by atoms with Gasteiger partial charge in [-0.15, -0.1) is 0 Å². The van der Waals surface area contributed by atoms with Gasteiger partial charge in [0.25, 0.3) is 5.91 Å². The molecule has 0 radical (unpaired) electrons. The molecule has 0 saturated carbocycles. The molecule has 7 heteroatoms. The van der Waals surface area contributed by atoms with Crippen LogP contribution < -0.4 is 15.1 Å². The van der Waals surface area contributed by atoms with Crippen molar-refractivity contribution < 1.29 is 9.53 Å². The number of amides is 1. The number of benzene rings is 2. The number of anilines is 1. The molecule has 1 aromatic heterocycles. The Morgan fingerprint density at radius 3 is 2.47 bits per heavy atom. The number of aromatic nitrogens is 1. The second-order valence-electron chi connectivity index (χ2n) is 7.61. The van der Waals surface area contributed by atoms with Crippen LogP contribution in [0.2, 0.25) is 0 Å². The number of carbonyl (C=O) groups is 1. The quantitative estimate of drug-likeness (QED) is 0.462. The van der Waals surface area contributed by atoms with Crippen molar-refractivity contribution in [2.24, 2.45) is 5.10 Å². The van der Waals surface area contributed by atoms with Gasteiger partial charge < -0.3 is 9.64 Å². The van der Waals surface area contributed by atoms with Gasteiger partial charge >= 0.3 is 0 Å². The van der Waals surface area contributed by atoms with E-state index in [2.05, 4.69) is 31.4 Å². The number of hydrogen-bond donors (Lipinski definition) is 1. The molecule has 32 heavy (non-hydrogen) atoms. The molecule has 0 spiro atoms. The summed E-state index contributed by atoms with van der Waals surface area (Å²) in [6.07, 6.45) is 4.96. The highest BCUT2D eigenvalue weighted by molar-refractivity contribution is 5.94. The van der Waals surface area contributed by atoms with Gasteiger partial charge in [0.2, 0.25) is 0 Å². The molecule has 7 nitrogen and oxygen atoms in total. The molecule has 1 amide bonds. The summed E-state index contributed by atoms with van der Waals surface area (Å²) in [7, 11) is 1.71. The summed E-state index contributed by atoms with van der Waals surface area (Å²) >= 11 is 0. The van der Waals surface area contributed by atoms with Crippen LogP contribution in [0.25, 0.3) is 0 Å². The fourth-order valence-corrected chi connectivity index (χ4v) is 3.74. The van der Waals surface area contributed by atoms with Crippen molar-refractivity contribution in [1.29, 1.82) is 0 Å². The molecule has 3 aromatic rings. The van der Waals surface area contributed by atoms with E-state index >= 15 is 0 Å². The first-order valence-electron chi connectivity index (χ1n) is 10.7. The first kappa shape index (κ1) is 21.5. The van der Waals surface area contributed by atoms with Gasteiger partial charge in [-0.3, -0.25) is 14.7 Å². The van der Waals surface area contributed by atoms with Crippen LogP contribution in [0.5, 0.6) is 5.75 Å². The minimum atomic E-state index is -0.229. The van der Waals surface area contributed by atoms with Gasteiger partial charge in [0, 0.05) is 50.7 Å². The number of ether oxygens (including phenoxy) is 1. The average Bonchev–Trinajstić information content (AvgIpc) is 2.85. The Bertz CT molecular complexity index is 1050. The first-order valence-corrected chi connectivity index (χ1v) is 10.7. The number of methoxy groups -OCH3 is 1. The molecular weight excluding hydrogens is 402 g/mol. The van der Waals surface area contributed by atoms with Crippen LogP contribution in [0.4, 0.5) is 5.69 Å². The van der Waals surface area contributed by atoms with E-state index in [-0.39, 0.29) is 5.91 Å². The second kappa shape index (κ2) is 10.5. The maximum absolute atomic E-state index is 12.3. The lowest BCUT2D eigenvalue weighted by Crippen LogP contribution is -2.46. The Morgan fingerprint density at radius 1 is 1.03 bits per heavy atom. The summed E-state index contributed by atoms with van der Waals surface area (Å²) in [5, 5.41) is 4.00. The average molecular weight is 430 g/mol. The molecule has 0 bridgehead atoms. The number of rotatable bonds is 7. The predicted octanol–water partition coefficient (Wildman–Crippen LogP) is 3.18. The first-order chi connectivity index (χ1) is 15.7. The number of para-hydroxylation sites is 2. The van der Waals surface area contributed by atoms with Crippen LogP contribution in [0.1, 0.15) is 21.5 Å². The molecule has 1 fully saturated rings. The normalized spacial score (nSPS) is 14.5. The molecule has 1 saturated heterocycles. The lowest BCUT2D eigenvalue weighted by molar-refractivity contribution is 0.0955. The number of carbonyl (C=O) groups excluding carboxylic acids is 1. The summed E-state index contributed by atoms with van der Waals surface area (Å²) in [4.78, 5) is 21.0. The van der Waals surface area contributed by atoms with Crippen molar-refractivity contribution in [2.75, 3.05) is 38.2 Å². The minimum absolute atomic E-state index is 0.229. The van der Waals surface area contributed by atoms with E-state index in [0.717, 1.165) is 49.7 Å². The lowest BCUT2D eigenvalue weighted by Gasteiger charge is -2.36. The maximum Gasteiger partial charge on any atom is 0.271 e. The topological polar surface area (TPSA) is 70.1 Å². The summed E-state index contributed by atoms with van der Waals surface area (Å²) in [5.41, 5.74) is 6.36. The SMILES string of the molecule is COc1ccccc1N1CCN(Cc2ccc(C(=O)N/N=C\c3ccncc3)cc2)CC1. The van der Waals surface area contributed by atoms with Crippen LogP contribution in [0.3, 0.4) is 0 Å². The zero-order valence-electron chi connectivity index (χ0n) is 18.1. The van der Waals surface area contributed by atoms with Crippen LogP contribution in [0, 0.1) is 0 Å². The third-order valence-electron chi connectivity index (χ3n) is 5.51. The van der Waals surface area contributed by atoms with E-state index in [9.17, 15) is 4.79 Å². The van der Waals surface area contributed by atoms with Crippen molar-refractivity contribution in [3.8, 4) is 5.75 Å². The Labute approximate surface area is 188 Å². The van der Waals surface area contributed by atoms with E-state index in [1.807, 2.05) is 54.6 Å². The van der Waals surface area contributed by atoms with E-state index < -0.39 is 0 Å². The van der Waals surface area contributed by atoms with Gasteiger partial charge in [0.1, 0.15) is 5.75 Å². The molecule has 2 aromatic carbocycles. The summed E-state index contributed by atoms with van der Waals surface area (Å²) in [6.45, 7) is 4.72. The van der Waals surface area contributed by atoms with Gasteiger partial charge in [-0.05, 0) is 47.5 Å². The van der Waals surface area contributed by atoms with Crippen LogP contribution in [-0.2, 0) is 6.54 Å². The number of hydrazone groups is 1. The highest BCUT2D eigenvalue weighted by atomic mass is 16.5. The predicted molar refractivity (Wildman–Crippen MR) is 126 cm³/mol. The standard InChI is InChI=1S/C25H27N5O2/c1-32-24-5-3-2-4-23(24)30-16-14-29(15-17-30)19-21-6-8-22(9-7-21)25(31)28-27-18-20-10-12-26-13-11-20/h2-13,18H,14-17,19H2,1H3,(H,28,31)/b27-18-. The third-order valence-corrected chi connectivity index (χ3v) is 5.51. The molecule has 4 rings (SSSR count). The van der Waals surface area contributed by atoms with Crippen LogP contribution >= 0.6 is 0 Å². The molecule has 0 atom stereocenters. The number of nitrogens with zero attached hydrogens (tertiary/aromatic N) is 4. The second-order valence-corrected chi connectivity index (χ2v) is 7.61. The Hall–Kier alpha value is -3.71. The monoisotopic (exact) mass is 429 g/mol. The Kier molecular flexibility index (Phi) is 7.09. The molecule has 2 heterocycles.